The summed E-state index contributed by atoms with van der Waals surface area (Å²) in [5.74, 6) is -0.137. The molecule has 0 saturated carbocycles. The van der Waals surface area contributed by atoms with Gasteiger partial charge in [-0.3, -0.25) is 0 Å². The van der Waals surface area contributed by atoms with E-state index in [2.05, 4.69) is 0 Å². The van der Waals surface area contributed by atoms with E-state index in [9.17, 15) is 13.0 Å². The third-order valence-electron chi connectivity index (χ3n) is 1.41. The van der Waals surface area contributed by atoms with Crippen molar-refractivity contribution in [1.82, 2.24) is 0 Å². The minimum atomic E-state index is -2.92. The normalized spacial score (nSPS) is 11.1. The third-order valence-corrected chi connectivity index (χ3v) is 3.87. The first-order valence-corrected chi connectivity index (χ1v) is 7.31. The first-order valence-electron chi connectivity index (χ1n) is 3.26. The Hall–Kier alpha value is -0.920. The van der Waals surface area contributed by atoms with Crippen molar-refractivity contribution in [3.8, 4) is 5.75 Å². The average Bonchev–Trinajstić information content (AvgIpc) is 2.03. The Morgan fingerprint density at radius 1 is 1.62 bits per heavy atom. The number of nitro benzene ring substituents is 1. The number of hydrogen-bond acceptors (Lipinski definition) is 3. The van der Waals surface area contributed by atoms with Gasteiger partial charge in [0.25, 0.3) is 0 Å². The number of benzene rings is 1. The van der Waals surface area contributed by atoms with Crippen LogP contribution in [-0.2, 0) is 0 Å². The van der Waals surface area contributed by atoms with Gasteiger partial charge in [0.15, 0.2) is 0 Å². The number of alkyl halides is 1. The maximum absolute atomic E-state index is 13.0. The van der Waals surface area contributed by atoms with E-state index < -0.39 is 25.3 Å². The number of halogens is 2. The first kappa shape index (κ1) is 10.2. The van der Waals surface area contributed by atoms with Gasteiger partial charge in [-0.15, -0.1) is 0 Å². The summed E-state index contributed by atoms with van der Waals surface area (Å²) in [6.07, 6.45) is 0. The molecule has 72 valence electrons. The van der Waals surface area contributed by atoms with Crippen LogP contribution in [0.1, 0.15) is 0 Å². The van der Waals surface area contributed by atoms with Crippen LogP contribution in [0.3, 0.4) is 0 Å². The van der Waals surface area contributed by atoms with Gasteiger partial charge in [0.1, 0.15) is 0 Å². The summed E-state index contributed by atoms with van der Waals surface area (Å²) in [6, 6.07) is 3.43. The van der Waals surface area contributed by atoms with Crippen LogP contribution in [-0.4, -0.2) is 15.0 Å². The molecule has 0 spiro atoms. The van der Waals surface area contributed by atoms with Crippen molar-refractivity contribution in [3.63, 3.8) is 0 Å². The van der Waals surface area contributed by atoms with Crippen molar-refractivity contribution in [3.05, 3.63) is 31.9 Å². The van der Waals surface area contributed by atoms with E-state index >= 15 is 0 Å². The molecule has 1 aromatic rings. The fourth-order valence-corrected chi connectivity index (χ4v) is 2.74. The molecule has 0 saturated heterocycles. The fourth-order valence-electron chi connectivity index (χ4n) is 0.852. The van der Waals surface area contributed by atoms with Crippen molar-refractivity contribution < 1.29 is 12.9 Å². The van der Waals surface area contributed by atoms with Gasteiger partial charge in [-0.1, -0.05) is 0 Å². The van der Waals surface area contributed by atoms with Crippen LogP contribution >= 0.6 is 20.4 Å². The molecule has 0 bridgehead atoms. The number of nitrogens with zero attached hydrogens (tertiary/aromatic N) is 1. The third kappa shape index (κ3) is 2.27. The summed E-state index contributed by atoms with van der Waals surface area (Å²) in [6.45, 7) is 0. The molecule has 0 amide bonds. The number of hydrogen-bond donors (Lipinski definition) is 1. The van der Waals surface area contributed by atoms with Crippen molar-refractivity contribution >= 4 is 26.1 Å². The van der Waals surface area contributed by atoms with Crippen LogP contribution in [0.5, 0.6) is 5.75 Å². The number of rotatable bonds is 2. The second kappa shape index (κ2) is 3.86. The molecule has 4 nitrogen and oxygen atoms in total. The van der Waals surface area contributed by atoms with Crippen molar-refractivity contribution in [2.75, 3.05) is 4.93 Å². The van der Waals surface area contributed by atoms with Crippen LogP contribution < -0.4 is 0 Å². The quantitative estimate of drug-likeness (QED) is 0.395. The Labute approximate surface area is 81.7 Å². The summed E-state index contributed by atoms with van der Waals surface area (Å²) in [5.41, 5.74) is -0.243. The van der Waals surface area contributed by atoms with Gasteiger partial charge < -0.3 is 0 Å². The summed E-state index contributed by atoms with van der Waals surface area (Å²) in [5, 5.41) is 19.4. The van der Waals surface area contributed by atoms with Crippen LogP contribution in [0.25, 0.3) is 0 Å². The standard InChI is InChI=1S/C7H7FINO3/c1-9(8)6-4-5(11)2-3-7(6)10(12)13/h2-4,11H,1H3. The Morgan fingerprint density at radius 3 is 2.69 bits per heavy atom. The topological polar surface area (TPSA) is 63.4 Å². The van der Waals surface area contributed by atoms with E-state index in [1.807, 2.05) is 0 Å². The van der Waals surface area contributed by atoms with E-state index in [4.69, 9.17) is 5.11 Å². The molecule has 0 aliphatic carbocycles. The second-order valence-corrected chi connectivity index (χ2v) is 5.76. The molecule has 0 unspecified atom stereocenters. The van der Waals surface area contributed by atoms with Gasteiger partial charge in [0, 0.05) is 0 Å². The molecule has 1 rings (SSSR count). The van der Waals surface area contributed by atoms with Crippen molar-refractivity contribution in [1.29, 1.82) is 0 Å². The van der Waals surface area contributed by atoms with E-state index in [1.165, 1.54) is 11.0 Å². The summed E-state index contributed by atoms with van der Waals surface area (Å²) in [4.78, 5) is 11.1. The predicted molar refractivity (Wildman–Crippen MR) is 54.5 cm³/mol. The fraction of sp³-hybridized carbons (Fsp3) is 0.143. The van der Waals surface area contributed by atoms with Gasteiger partial charge in [0.2, 0.25) is 0 Å². The molecular formula is C7H7FINO3. The zero-order valence-electron chi connectivity index (χ0n) is 6.70. The molecular weight excluding hydrogens is 292 g/mol. The summed E-state index contributed by atoms with van der Waals surface area (Å²) in [7, 11) is 0. The molecule has 1 N–H and O–H groups in total. The Balaban J connectivity index is 3.26. The molecule has 13 heavy (non-hydrogen) atoms. The van der Waals surface area contributed by atoms with Gasteiger partial charge >= 0.3 is 81.5 Å². The Morgan fingerprint density at radius 2 is 2.23 bits per heavy atom. The van der Waals surface area contributed by atoms with Crippen molar-refractivity contribution in [2.24, 2.45) is 0 Å². The molecule has 0 aliphatic heterocycles. The van der Waals surface area contributed by atoms with Crippen LogP contribution in [0.4, 0.5) is 8.55 Å². The van der Waals surface area contributed by atoms with Gasteiger partial charge in [0.05, 0.1) is 0 Å². The Bertz CT molecular complexity index is 343. The first-order chi connectivity index (χ1) is 6.02. The molecule has 0 fully saturated rings. The maximum atomic E-state index is 13.0. The number of phenols is 1. The molecule has 0 radical (unpaired) electrons. The van der Waals surface area contributed by atoms with E-state index in [-0.39, 0.29) is 15.0 Å². The van der Waals surface area contributed by atoms with E-state index in [0.29, 0.717) is 0 Å². The Kier molecular flexibility index (Phi) is 3.02. The molecule has 0 aromatic heterocycles. The van der Waals surface area contributed by atoms with Crippen molar-refractivity contribution in [2.45, 2.75) is 0 Å². The average molecular weight is 299 g/mol. The predicted octanol–water partition coefficient (Wildman–Crippen LogP) is 2.49. The molecule has 1 aromatic carbocycles. The van der Waals surface area contributed by atoms with Gasteiger partial charge in [-0.05, 0) is 0 Å². The van der Waals surface area contributed by atoms with E-state index in [0.717, 1.165) is 12.1 Å². The molecule has 6 heteroatoms. The minimum absolute atomic E-state index is 0.0502. The monoisotopic (exact) mass is 299 g/mol. The number of nitro groups is 1. The SMILES string of the molecule is CI(F)c1cc(O)ccc1[N+](=O)[O-]. The summed E-state index contributed by atoms with van der Waals surface area (Å²) >= 11 is -2.92. The summed E-state index contributed by atoms with van der Waals surface area (Å²) < 4.78 is 13.0. The zero-order chi connectivity index (χ0) is 10.0. The van der Waals surface area contributed by atoms with Crippen LogP contribution in [0.15, 0.2) is 18.2 Å². The molecule has 0 heterocycles. The van der Waals surface area contributed by atoms with Crippen LogP contribution in [0.2, 0.25) is 0 Å². The molecule has 0 atom stereocenters. The van der Waals surface area contributed by atoms with E-state index in [1.54, 1.807) is 0 Å². The number of aromatic hydroxyl groups is 1. The van der Waals surface area contributed by atoms with Crippen LogP contribution in [0, 0.1) is 13.7 Å². The zero-order valence-corrected chi connectivity index (χ0v) is 8.86. The van der Waals surface area contributed by atoms with Gasteiger partial charge in [-0.2, -0.15) is 0 Å². The second-order valence-electron chi connectivity index (χ2n) is 2.30. The van der Waals surface area contributed by atoms with Gasteiger partial charge in [-0.25, -0.2) is 0 Å². The number of phenolic OH excluding ortho intramolecular Hbond substituents is 1. The molecule has 0 aliphatic rings.